The van der Waals surface area contributed by atoms with Crippen LogP contribution in [0.3, 0.4) is 0 Å². The molecule has 7 heteroatoms. The molecule has 1 N–H and O–H groups in total. The summed E-state index contributed by atoms with van der Waals surface area (Å²) < 4.78 is 44.0. The number of Topliss-reactive ketones (excluding diaryl/α,β-unsaturated/α-hetero) is 1. The highest BCUT2D eigenvalue weighted by Crippen LogP contribution is 2.38. The first-order valence-electron chi connectivity index (χ1n) is 8.34. The predicted molar refractivity (Wildman–Crippen MR) is 96.1 cm³/mol. The second kappa shape index (κ2) is 7.27. The Kier molecular flexibility index (Phi) is 5.20. The Bertz CT molecular complexity index is 933. The first kappa shape index (κ1) is 19.3. The summed E-state index contributed by atoms with van der Waals surface area (Å²) in [5.41, 5.74) is 0.783. The van der Waals surface area contributed by atoms with Gasteiger partial charge in [0.2, 0.25) is 0 Å². The summed E-state index contributed by atoms with van der Waals surface area (Å²) in [6.45, 7) is 1.92. The molecule has 0 aromatic heterocycles. The lowest BCUT2D eigenvalue weighted by Gasteiger charge is -2.14. The third kappa shape index (κ3) is 3.95. The van der Waals surface area contributed by atoms with E-state index in [1.807, 2.05) is 6.92 Å². The van der Waals surface area contributed by atoms with Crippen LogP contribution in [-0.4, -0.2) is 10.9 Å². The number of aliphatic hydroxyl groups excluding tert-OH is 1. The molecule has 0 unspecified atom stereocenters. The number of hydrogen-bond donors (Lipinski definition) is 1. The number of benzene rings is 2. The van der Waals surface area contributed by atoms with Crippen molar-refractivity contribution in [2.24, 2.45) is 0 Å². The van der Waals surface area contributed by atoms with Crippen molar-refractivity contribution in [2.75, 3.05) is 0 Å². The lowest BCUT2D eigenvalue weighted by Crippen LogP contribution is -2.05. The molecule has 27 heavy (non-hydrogen) atoms. The van der Waals surface area contributed by atoms with Crippen molar-refractivity contribution in [1.82, 2.24) is 0 Å². The molecule has 0 spiro atoms. The summed E-state index contributed by atoms with van der Waals surface area (Å²) in [5, 5.41) is 9.59. The van der Waals surface area contributed by atoms with Gasteiger partial charge < -0.3 is 9.84 Å². The topological polar surface area (TPSA) is 46.5 Å². The summed E-state index contributed by atoms with van der Waals surface area (Å²) in [4.78, 5) is 12.1. The van der Waals surface area contributed by atoms with Crippen molar-refractivity contribution in [3.63, 3.8) is 0 Å². The van der Waals surface area contributed by atoms with Crippen LogP contribution in [0.2, 0.25) is 5.02 Å². The van der Waals surface area contributed by atoms with E-state index < -0.39 is 16.8 Å². The third-order valence-electron chi connectivity index (χ3n) is 4.37. The Balaban J connectivity index is 1.95. The average molecular weight is 397 g/mol. The molecular formula is C20H16ClF3O3. The predicted octanol–water partition coefficient (Wildman–Crippen LogP) is 6.35. The van der Waals surface area contributed by atoms with Crippen LogP contribution in [0.1, 0.15) is 36.5 Å². The van der Waals surface area contributed by atoms with E-state index in [0.717, 1.165) is 17.7 Å². The highest BCUT2D eigenvalue weighted by molar-refractivity contribution is 6.31. The minimum atomic E-state index is -4.54. The fourth-order valence-corrected chi connectivity index (χ4v) is 3.31. The Morgan fingerprint density at radius 3 is 2.33 bits per heavy atom. The summed E-state index contributed by atoms with van der Waals surface area (Å²) >= 11 is 5.72. The number of aliphatic hydroxyl groups is 1. The van der Waals surface area contributed by atoms with Gasteiger partial charge in [-0.3, -0.25) is 4.79 Å². The molecule has 1 aliphatic carbocycles. The van der Waals surface area contributed by atoms with Gasteiger partial charge in [-0.2, -0.15) is 13.2 Å². The van der Waals surface area contributed by atoms with Crippen LogP contribution < -0.4 is 4.74 Å². The number of aryl methyl sites for hydroxylation is 1. The molecule has 0 amide bonds. The molecule has 0 bridgehead atoms. The zero-order chi connectivity index (χ0) is 19.8. The quantitative estimate of drug-likeness (QED) is 0.655. The van der Waals surface area contributed by atoms with Crippen molar-refractivity contribution in [3.05, 3.63) is 63.9 Å². The van der Waals surface area contributed by atoms with E-state index in [9.17, 15) is 23.1 Å². The largest absolute Gasteiger partial charge is 0.512 e. The van der Waals surface area contributed by atoms with Crippen LogP contribution in [0.25, 0.3) is 5.57 Å². The Labute approximate surface area is 159 Å². The maximum absolute atomic E-state index is 12.8. The zero-order valence-electron chi connectivity index (χ0n) is 14.4. The molecule has 2 aromatic rings. The highest BCUT2D eigenvalue weighted by atomic mass is 35.5. The normalized spacial score (nSPS) is 14.8. The van der Waals surface area contributed by atoms with E-state index in [4.69, 9.17) is 16.3 Å². The maximum Gasteiger partial charge on any atom is 0.417 e. The summed E-state index contributed by atoms with van der Waals surface area (Å²) in [5.74, 6) is 0.374. The minimum Gasteiger partial charge on any atom is -0.512 e. The Morgan fingerprint density at radius 2 is 1.78 bits per heavy atom. The fourth-order valence-electron chi connectivity index (χ4n) is 3.03. The summed E-state index contributed by atoms with van der Waals surface area (Å²) in [7, 11) is 0. The van der Waals surface area contributed by atoms with E-state index >= 15 is 0 Å². The molecule has 0 radical (unpaired) electrons. The van der Waals surface area contributed by atoms with Gasteiger partial charge >= 0.3 is 6.18 Å². The number of alkyl halides is 3. The van der Waals surface area contributed by atoms with Crippen LogP contribution in [-0.2, 0) is 17.4 Å². The van der Waals surface area contributed by atoms with Gasteiger partial charge in [0, 0.05) is 18.9 Å². The Hall–Kier alpha value is -2.47. The van der Waals surface area contributed by atoms with Crippen molar-refractivity contribution in [3.8, 4) is 11.5 Å². The zero-order valence-corrected chi connectivity index (χ0v) is 15.1. The highest BCUT2D eigenvalue weighted by Gasteiger charge is 2.33. The molecule has 3 rings (SSSR count). The summed E-state index contributed by atoms with van der Waals surface area (Å²) in [6.07, 6.45) is -3.34. The minimum absolute atomic E-state index is 0.0458. The van der Waals surface area contributed by atoms with Crippen LogP contribution >= 0.6 is 11.6 Å². The first-order valence-corrected chi connectivity index (χ1v) is 8.71. The molecule has 0 heterocycles. The SMILES string of the molecule is CCc1ccc(Oc2ccc(C(F)(F)F)c(Cl)c2)cc1C1=C(O)CCC1=O. The van der Waals surface area contributed by atoms with Gasteiger partial charge in [-0.25, -0.2) is 0 Å². The average Bonchev–Trinajstić information content (AvgIpc) is 2.92. The third-order valence-corrected chi connectivity index (χ3v) is 4.68. The number of ether oxygens (including phenoxy) is 1. The van der Waals surface area contributed by atoms with Gasteiger partial charge in [0.15, 0.2) is 5.78 Å². The van der Waals surface area contributed by atoms with Crippen molar-refractivity contribution < 1.29 is 27.8 Å². The Morgan fingerprint density at radius 1 is 1.11 bits per heavy atom. The molecule has 3 nitrogen and oxygen atoms in total. The van der Waals surface area contributed by atoms with E-state index in [2.05, 4.69) is 0 Å². The van der Waals surface area contributed by atoms with E-state index in [1.54, 1.807) is 18.2 Å². The second-order valence-electron chi connectivity index (χ2n) is 6.16. The van der Waals surface area contributed by atoms with Crippen LogP contribution in [0.5, 0.6) is 11.5 Å². The molecule has 142 valence electrons. The molecule has 1 aliphatic rings. The molecular weight excluding hydrogens is 381 g/mol. The van der Waals surface area contributed by atoms with Gasteiger partial charge in [0.25, 0.3) is 0 Å². The number of halogens is 4. The van der Waals surface area contributed by atoms with Gasteiger partial charge in [0.05, 0.1) is 16.2 Å². The van der Waals surface area contributed by atoms with E-state index in [0.29, 0.717) is 24.2 Å². The van der Waals surface area contributed by atoms with Crippen LogP contribution in [0.15, 0.2) is 42.2 Å². The molecule has 0 fully saturated rings. The van der Waals surface area contributed by atoms with E-state index in [-0.39, 0.29) is 29.3 Å². The first-order chi connectivity index (χ1) is 12.7. The lowest BCUT2D eigenvalue weighted by atomic mass is 9.96. The molecule has 0 atom stereocenters. The van der Waals surface area contributed by atoms with Gasteiger partial charge in [-0.05, 0) is 41.8 Å². The molecule has 2 aromatic carbocycles. The van der Waals surface area contributed by atoms with Crippen LogP contribution in [0.4, 0.5) is 13.2 Å². The maximum atomic E-state index is 12.8. The molecule has 0 aliphatic heterocycles. The van der Waals surface area contributed by atoms with Crippen molar-refractivity contribution in [2.45, 2.75) is 32.4 Å². The van der Waals surface area contributed by atoms with Crippen molar-refractivity contribution >= 4 is 23.0 Å². The standard InChI is InChI=1S/C20H16ClF3O3/c1-2-11-3-4-12(9-14(11)19-17(25)7-8-18(19)26)27-13-5-6-15(16(21)10-13)20(22,23)24/h3-6,9-10,25H,2,7-8H2,1H3. The molecule has 0 saturated carbocycles. The lowest BCUT2D eigenvalue weighted by molar-refractivity contribution is -0.137. The smallest absolute Gasteiger partial charge is 0.417 e. The van der Waals surface area contributed by atoms with Gasteiger partial charge in [0.1, 0.15) is 17.3 Å². The van der Waals surface area contributed by atoms with Crippen LogP contribution in [0, 0.1) is 0 Å². The number of rotatable bonds is 4. The van der Waals surface area contributed by atoms with Gasteiger partial charge in [-0.15, -0.1) is 0 Å². The number of ketones is 1. The van der Waals surface area contributed by atoms with Crippen molar-refractivity contribution in [1.29, 1.82) is 0 Å². The molecule has 0 saturated heterocycles. The fraction of sp³-hybridized carbons (Fsp3) is 0.250. The number of carbonyl (C=O) groups is 1. The number of allylic oxidation sites excluding steroid dienone is 2. The van der Waals surface area contributed by atoms with E-state index in [1.165, 1.54) is 6.07 Å². The number of carbonyl (C=O) groups excluding carboxylic acids is 1. The number of hydrogen-bond acceptors (Lipinski definition) is 3. The van der Waals surface area contributed by atoms with Gasteiger partial charge in [-0.1, -0.05) is 24.6 Å². The second-order valence-corrected chi connectivity index (χ2v) is 6.57. The summed E-state index contributed by atoms with van der Waals surface area (Å²) in [6, 6.07) is 8.16. The monoisotopic (exact) mass is 396 g/mol.